The quantitative estimate of drug-likeness (QED) is 0.571. The summed E-state index contributed by atoms with van der Waals surface area (Å²) >= 11 is 6.41. The van der Waals surface area contributed by atoms with Crippen LogP contribution in [0.3, 0.4) is 0 Å². The fourth-order valence-corrected chi connectivity index (χ4v) is 3.23. The Hall–Kier alpha value is -2.93. The zero-order valence-corrected chi connectivity index (χ0v) is 15.4. The number of hydrogen-bond donors (Lipinski definition) is 2. The molecule has 4 aromatic rings. The molecule has 4 rings (SSSR count). The lowest BCUT2D eigenvalue weighted by atomic mass is 10.1. The number of benzene rings is 1. The molecule has 2 N–H and O–H groups in total. The number of halogens is 1. The van der Waals surface area contributed by atoms with Crippen LogP contribution in [-0.4, -0.2) is 39.0 Å². The van der Waals surface area contributed by atoms with Gasteiger partial charge in [0.1, 0.15) is 17.7 Å². The summed E-state index contributed by atoms with van der Waals surface area (Å²) in [5.41, 5.74) is 2.30. The van der Waals surface area contributed by atoms with Crippen LogP contribution in [0, 0.1) is 0 Å². The third-order valence-electron chi connectivity index (χ3n) is 4.25. The van der Waals surface area contributed by atoms with Gasteiger partial charge in [0.15, 0.2) is 11.5 Å². The van der Waals surface area contributed by atoms with Gasteiger partial charge in [-0.3, -0.25) is 0 Å². The van der Waals surface area contributed by atoms with Gasteiger partial charge in [-0.1, -0.05) is 23.7 Å². The molecule has 0 unspecified atom stereocenters. The molecule has 1 aromatic carbocycles. The van der Waals surface area contributed by atoms with E-state index in [4.69, 9.17) is 16.6 Å². The summed E-state index contributed by atoms with van der Waals surface area (Å²) in [6.07, 6.45) is 3.10. The highest BCUT2D eigenvalue weighted by Crippen LogP contribution is 2.33. The van der Waals surface area contributed by atoms with E-state index in [0.717, 1.165) is 27.8 Å². The molecule has 0 spiro atoms. The number of H-pyrrole nitrogens is 1. The van der Waals surface area contributed by atoms with Crippen molar-refractivity contribution in [3.63, 3.8) is 0 Å². The van der Waals surface area contributed by atoms with Crippen LogP contribution in [0.25, 0.3) is 21.9 Å². The van der Waals surface area contributed by atoms with Crippen LogP contribution in [-0.2, 0) is 0 Å². The second-order valence-corrected chi connectivity index (χ2v) is 6.70. The first-order chi connectivity index (χ1) is 12.5. The van der Waals surface area contributed by atoms with E-state index in [1.807, 2.05) is 44.1 Å². The van der Waals surface area contributed by atoms with Gasteiger partial charge in [-0.05, 0) is 24.4 Å². The van der Waals surface area contributed by atoms with E-state index in [9.17, 15) is 0 Å². The number of anilines is 2. The lowest BCUT2D eigenvalue weighted by Gasteiger charge is -2.20. The number of pyridine rings is 1. The number of aromatic amines is 1. The Labute approximate surface area is 155 Å². The minimum atomic E-state index is -0.0709. The first-order valence-electron chi connectivity index (χ1n) is 8.21. The number of nitrogens with one attached hydrogen (secondary N) is 2. The van der Waals surface area contributed by atoms with Crippen molar-refractivity contribution in [1.29, 1.82) is 0 Å². The normalized spacial score (nSPS) is 12.5. The molecular formula is C18H18ClN7. The van der Waals surface area contributed by atoms with E-state index in [0.29, 0.717) is 16.5 Å². The molecule has 1 atom stereocenters. The zero-order valence-electron chi connectivity index (χ0n) is 14.7. The first kappa shape index (κ1) is 16.5. The van der Waals surface area contributed by atoms with Crippen molar-refractivity contribution in [3.05, 3.63) is 47.6 Å². The Bertz CT molecular complexity index is 1090. The van der Waals surface area contributed by atoms with Gasteiger partial charge in [0, 0.05) is 19.5 Å². The van der Waals surface area contributed by atoms with Gasteiger partial charge in [0.25, 0.3) is 0 Å². The van der Waals surface area contributed by atoms with E-state index >= 15 is 0 Å². The van der Waals surface area contributed by atoms with Gasteiger partial charge < -0.3 is 15.2 Å². The number of fused-ring (bicyclic) bond motifs is 2. The van der Waals surface area contributed by atoms with Gasteiger partial charge in [0.2, 0.25) is 0 Å². The van der Waals surface area contributed by atoms with Crippen molar-refractivity contribution in [3.8, 4) is 0 Å². The van der Waals surface area contributed by atoms with Crippen LogP contribution in [0.5, 0.6) is 0 Å². The van der Waals surface area contributed by atoms with E-state index in [-0.39, 0.29) is 6.04 Å². The van der Waals surface area contributed by atoms with Crippen LogP contribution in [0.1, 0.15) is 18.7 Å². The van der Waals surface area contributed by atoms with Crippen molar-refractivity contribution in [1.82, 2.24) is 24.9 Å². The minimum absolute atomic E-state index is 0.0709. The third-order valence-corrected chi connectivity index (χ3v) is 4.57. The van der Waals surface area contributed by atoms with Crippen molar-refractivity contribution in [2.45, 2.75) is 13.0 Å². The van der Waals surface area contributed by atoms with Crippen LogP contribution >= 0.6 is 11.6 Å². The fraction of sp³-hybridized carbons (Fsp3) is 0.222. The second-order valence-electron chi connectivity index (χ2n) is 6.29. The van der Waals surface area contributed by atoms with Gasteiger partial charge >= 0.3 is 0 Å². The number of aromatic nitrogens is 5. The molecule has 3 heterocycles. The van der Waals surface area contributed by atoms with Gasteiger partial charge in [-0.25, -0.2) is 19.9 Å². The predicted octanol–water partition coefficient (Wildman–Crippen LogP) is 3.79. The maximum atomic E-state index is 6.41. The summed E-state index contributed by atoms with van der Waals surface area (Å²) in [5, 5.41) is 6.09. The Morgan fingerprint density at radius 1 is 1.19 bits per heavy atom. The Morgan fingerprint density at radius 3 is 2.85 bits per heavy atom. The average Bonchev–Trinajstić information content (AvgIpc) is 3.10. The summed E-state index contributed by atoms with van der Waals surface area (Å²) in [4.78, 5) is 22.5. The second kappa shape index (κ2) is 6.42. The van der Waals surface area contributed by atoms with E-state index < -0.39 is 0 Å². The standard InChI is InChI=1S/C18H18ClN7/c1-10(24-17-15-16(21-8-20-15)22-9-23-17)13-7-11-5-4-6-12(19)14(11)18(25-13)26(2)3/h4-10H,1-3H3,(H2,20,21,22,23,24)/t10-/m0/s1. The molecular weight excluding hydrogens is 350 g/mol. The average molecular weight is 368 g/mol. The molecule has 3 aromatic heterocycles. The highest BCUT2D eigenvalue weighted by Gasteiger charge is 2.16. The zero-order chi connectivity index (χ0) is 18.3. The van der Waals surface area contributed by atoms with Gasteiger partial charge in [-0.15, -0.1) is 0 Å². The van der Waals surface area contributed by atoms with E-state index in [1.54, 1.807) is 6.33 Å². The monoisotopic (exact) mass is 367 g/mol. The maximum Gasteiger partial charge on any atom is 0.182 e. The van der Waals surface area contributed by atoms with Crippen LogP contribution in [0.2, 0.25) is 5.02 Å². The lowest BCUT2D eigenvalue weighted by molar-refractivity contribution is 0.831. The third kappa shape index (κ3) is 2.80. The van der Waals surface area contributed by atoms with E-state index in [2.05, 4.69) is 31.3 Å². The van der Waals surface area contributed by atoms with Crippen LogP contribution < -0.4 is 10.2 Å². The molecule has 7 nitrogen and oxygen atoms in total. The van der Waals surface area contributed by atoms with E-state index in [1.165, 1.54) is 6.33 Å². The SMILES string of the molecule is C[C@H](Nc1ncnc2nc[nH]c12)c1cc2cccc(Cl)c2c(N(C)C)n1. The first-order valence-corrected chi connectivity index (χ1v) is 8.59. The fourth-order valence-electron chi connectivity index (χ4n) is 2.97. The van der Waals surface area contributed by atoms with Crippen LogP contribution in [0.4, 0.5) is 11.6 Å². The predicted molar refractivity (Wildman–Crippen MR) is 105 cm³/mol. The molecule has 8 heteroatoms. The largest absolute Gasteiger partial charge is 0.362 e. The summed E-state index contributed by atoms with van der Waals surface area (Å²) in [5.74, 6) is 1.53. The topological polar surface area (TPSA) is 82.6 Å². The highest BCUT2D eigenvalue weighted by molar-refractivity contribution is 6.36. The van der Waals surface area contributed by atoms with Crippen molar-refractivity contribution in [2.75, 3.05) is 24.3 Å². The number of nitrogens with zero attached hydrogens (tertiary/aromatic N) is 5. The molecule has 0 fully saturated rings. The Balaban J connectivity index is 1.77. The summed E-state index contributed by atoms with van der Waals surface area (Å²) in [6.45, 7) is 2.04. The maximum absolute atomic E-state index is 6.41. The molecule has 0 aliphatic rings. The highest BCUT2D eigenvalue weighted by atomic mass is 35.5. The minimum Gasteiger partial charge on any atom is -0.362 e. The molecule has 0 saturated heterocycles. The molecule has 0 bridgehead atoms. The number of imidazole rings is 1. The van der Waals surface area contributed by atoms with Crippen molar-refractivity contribution in [2.24, 2.45) is 0 Å². The smallest absolute Gasteiger partial charge is 0.182 e. The summed E-state index contributed by atoms with van der Waals surface area (Å²) in [7, 11) is 3.93. The molecule has 0 saturated carbocycles. The van der Waals surface area contributed by atoms with Gasteiger partial charge in [-0.2, -0.15) is 0 Å². The molecule has 132 valence electrons. The van der Waals surface area contributed by atoms with Crippen molar-refractivity contribution < 1.29 is 0 Å². The summed E-state index contributed by atoms with van der Waals surface area (Å²) in [6, 6.07) is 7.86. The van der Waals surface area contributed by atoms with Crippen LogP contribution in [0.15, 0.2) is 36.9 Å². The number of hydrogen-bond acceptors (Lipinski definition) is 6. The molecule has 26 heavy (non-hydrogen) atoms. The van der Waals surface area contributed by atoms with Gasteiger partial charge in [0.05, 0.1) is 23.1 Å². The lowest BCUT2D eigenvalue weighted by Crippen LogP contribution is -2.15. The Kier molecular flexibility index (Phi) is 4.08. The molecule has 0 amide bonds. The molecule has 0 aliphatic heterocycles. The molecule has 0 radical (unpaired) electrons. The summed E-state index contributed by atoms with van der Waals surface area (Å²) < 4.78 is 0. The molecule has 0 aliphatic carbocycles. The number of rotatable bonds is 4. The Morgan fingerprint density at radius 2 is 2.04 bits per heavy atom. The van der Waals surface area contributed by atoms with Crippen molar-refractivity contribution >= 4 is 45.2 Å².